The van der Waals surface area contributed by atoms with E-state index in [2.05, 4.69) is 0 Å². The standard InChI is InChI=1S/C7H9N.B/c1-6-4-2-3-5-7(6)8;/h2-5H,8H2,1H3;. The van der Waals surface area contributed by atoms with Crippen molar-refractivity contribution >= 4 is 14.1 Å². The monoisotopic (exact) mass is 118 g/mol. The maximum atomic E-state index is 5.52. The van der Waals surface area contributed by atoms with Gasteiger partial charge in [-0.1, -0.05) is 18.2 Å². The minimum Gasteiger partial charge on any atom is -0.399 e. The van der Waals surface area contributed by atoms with Crippen LogP contribution in [0.5, 0.6) is 0 Å². The maximum Gasteiger partial charge on any atom is 0.0343 e. The fourth-order valence-corrected chi connectivity index (χ4v) is 0.587. The summed E-state index contributed by atoms with van der Waals surface area (Å²) in [5.41, 5.74) is 7.53. The summed E-state index contributed by atoms with van der Waals surface area (Å²) in [4.78, 5) is 0. The Morgan fingerprint density at radius 3 is 2.11 bits per heavy atom. The SMILES string of the molecule is Cc1ccccc1N.[B]. The van der Waals surface area contributed by atoms with Gasteiger partial charge in [-0.3, -0.25) is 0 Å². The maximum absolute atomic E-state index is 5.52. The van der Waals surface area contributed by atoms with Gasteiger partial charge in [0.15, 0.2) is 0 Å². The van der Waals surface area contributed by atoms with E-state index >= 15 is 0 Å². The Hall–Kier alpha value is -0.915. The molecule has 0 amide bonds. The third-order valence-corrected chi connectivity index (χ3v) is 1.19. The average molecular weight is 118 g/mol. The number of hydrogen-bond donors (Lipinski definition) is 1. The number of anilines is 1. The Labute approximate surface area is 57.5 Å². The predicted octanol–water partition coefficient (Wildman–Crippen LogP) is 1.20. The van der Waals surface area contributed by atoms with Crippen molar-refractivity contribution in [3.05, 3.63) is 29.8 Å². The highest BCUT2D eigenvalue weighted by Crippen LogP contribution is 2.06. The summed E-state index contributed by atoms with van der Waals surface area (Å²) >= 11 is 0. The molecule has 1 nitrogen and oxygen atoms in total. The van der Waals surface area contributed by atoms with Crippen LogP contribution in [-0.4, -0.2) is 8.41 Å². The van der Waals surface area contributed by atoms with E-state index in [9.17, 15) is 0 Å². The van der Waals surface area contributed by atoms with E-state index in [1.54, 1.807) is 0 Å². The van der Waals surface area contributed by atoms with Crippen molar-refractivity contribution in [2.45, 2.75) is 6.92 Å². The van der Waals surface area contributed by atoms with Crippen molar-refractivity contribution in [3.8, 4) is 0 Å². The lowest BCUT2D eigenvalue weighted by Crippen LogP contribution is -1.85. The molecule has 1 rings (SSSR count). The van der Waals surface area contributed by atoms with Gasteiger partial charge < -0.3 is 5.73 Å². The van der Waals surface area contributed by atoms with E-state index in [0.29, 0.717) is 0 Å². The number of nitrogens with two attached hydrogens (primary N) is 1. The van der Waals surface area contributed by atoms with E-state index in [-0.39, 0.29) is 8.41 Å². The number of aryl methyl sites for hydroxylation is 1. The molecule has 2 heteroatoms. The zero-order chi connectivity index (χ0) is 5.98. The molecule has 0 aliphatic heterocycles. The second-order valence-corrected chi connectivity index (χ2v) is 1.86. The molecule has 0 fully saturated rings. The van der Waals surface area contributed by atoms with Crippen LogP contribution in [0.4, 0.5) is 5.69 Å². The van der Waals surface area contributed by atoms with Gasteiger partial charge in [0.25, 0.3) is 0 Å². The molecule has 0 saturated carbocycles. The highest BCUT2D eigenvalue weighted by molar-refractivity contribution is 5.75. The van der Waals surface area contributed by atoms with E-state index in [1.165, 1.54) is 0 Å². The summed E-state index contributed by atoms with van der Waals surface area (Å²) in [6.45, 7) is 2.00. The third-order valence-electron chi connectivity index (χ3n) is 1.19. The van der Waals surface area contributed by atoms with Crippen LogP contribution in [0.25, 0.3) is 0 Å². The lowest BCUT2D eigenvalue weighted by Gasteiger charge is -1.93. The van der Waals surface area contributed by atoms with Gasteiger partial charge in [0.2, 0.25) is 0 Å². The minimum absolute atomic E-state index is 0. The first-order valence-electron chi connectivity index (χ1n) is 2.62. The Bertz CT molecular complexity index is 165. The van der Waals surface area contributed by atoms with Gasteiger partial charge in [-0.2, -0.15) is 0 Å². The number of hydrogen-bond acceptors (Lipinski definition) is 1. The molecule has 3 radical (unpaired) electrons. The fourth-order valence-electron chi connectivity index (χ4n) is 0.587. The first-order valence-corrected chi connectivity index (χ1v) is 2.62. The lowest BCUT2D eigenvalue weighted by atomic mass is 10.2. The van der Waals surface area contributed by atoms with Gasteiger partial charge in [0, 0.05) is 14.1 Å². The molecule has 0 bridgehead atoms. The highest BCUT2D eigenvalue weighted by atomic mass is 14.5. The summed E-state index contributed by atoms with van der Waals surface area (Å²) in [7, 11) is 0. The summed E-state index contributed by atoms with van der Waals surface area (Å²) in [5, 5.41) is 0. The highest BCUT2D eigenvalue weighted by Gasteiger charge is 1.84. The van der Waals surface area contributed by atoms with Crippen molar-refractivity contribution in [2.75, 3.05) is 5.73 Å². The first-order chi connectivity index (χ1) is 3.80. The van der Waals surface area contributed by atoms with Crippen molar-refractivity contribution < 1.29 is 0 Å². The lowest BCUT2D eigenvalue weighted by molar-refractivity contribution is 1.47. The van der Waals surface area contributed by atoms with Gasteiger partial charge >= 0.3 is 0 Å². The fraction of sp³-hybridized carbons (Fsp3) is 0.143. The van der Waals surface area contributed by atoms with Crippen LogP contribution in [0.15, 0.2) is 24.3 Å². The van der Waals surface area contributed by atoms with Gasteiger partial charge in [0.1, 0.15) is 0 Å². The van der Waals surface area contributed by atoms with Crippen molar-refractivity contribution in [3.63, 3.8) is 0 Å². The number of benzene rings is 1. The molecule has 9 heavy (non-hydrogen) atoms. The van der Waals surface area contributed by atoms with E-state index in [1.807, 2.05) is 31.2 Å². The van der Waals surface area contributed by atoms with Gasteiger partial charge in [0.05, 0.1) is 0 Å². The molecule has 1 aromatic carbocycles. The van der Waals surface area contributed by atoms with Gasteiger partial charge in [-0.05, 0) is 18.6 Å². The molecule has 0 spiro atoms. The summed E-state index contributed by atoms with van der Waals surface area (Å²) in [5.74, 6) is 0. The van der Waals surface area contributed by atoms with Crippen molar-refractivity contribution in [1.82, 2.24) is 0 Å². The zero-order valence-corrected chi connectivity index (χ0v) is 5.46. The van der Waals surface area contributed by atoms with Gasteiger partial charge in [-0.25, -0.2) is 0 Å². The average Bonchev–Trinajstić information content (AvgIpc) is 1.77. The van der Waals surface area contributed by atoms with Crippen molar-refractivity contribution in [2.24, 2.45) is 0 Å². The molecule has 0 aliphatic carbocycles. The molecule has 0 aromatic heterocycles. The molecule has 0 saturated heterocycles. The van der Waals surface area contributed by atoms with Crippen LogP contribution in [0.1, 0.15) is 5.56 Å². The number of rotatable bonds is 0. The Balaban J connectivity index is 0.000000640. The molecule has 0 aliphatic rings. The minimum atomic E-state index is 0. The summed E-state index contributed by atoms with van der Waals surface area (Å²) in [6.07, 6.45) is 0. The number of nitrogen functional groups attached to an aromatic ring is 1. The predicted molar refractivity (Wildman–Crippen MR) is 41.3 cm³/mol. The number of para-hydroxylation sites is 1. The first kappa shape index (κ1) is 8.08. The Morgan fingerprint density at radius 2 is 1.78 bits per heavy atom. The van der Waals surface area contributed by atoms with E-state index in [4.69, 9.17) is 5.73 Å². The van der Waals surface area contributed by atoms with Gasteiger partial charge in [-0.15, -0.1) is 0 Å². The third kappa shape index (κ3) is 1.80. The van der Waals surface area contributed by atoms with E-state index < -0.39 is 0 Å². The Kier molecular flexibility index (Phi) is 2.86. The molecule has 2 N–H and O–H groups in total. The second-order valence-electron chi connectivity index (χ2n) is 1.86. The van der Waals surface area contributed by atoms with Crippen LogP contribution in [0.3, 0.4) is 0 Å². The molecule has 0 atom stereocenters. The quantitative estimate of drug-likeness (QED) is 0.402. The van der Waals surface area contributed by atoms with Crippen molar-refractivity contribution in [1.29, 1.82) is 0 Å². The van der Waals surface area contributed by atoms with E-state index in [0.717, 1.165) is 11.3 Å². The van der Waals surface area contributed by atoms with Crippen LogP contribution in [-0.2, 0) is 0 Å². The normalized spacial score (nSPS) is 8.11. The topological polar surface area (TPSA) is 26.0 Å². The van der Waals surface area contributed by atoms with Crippen LogP contribution < -0.4 is 5.73 Å². The summed E-state index contributed by atoms with van der Waals surface area (Å²) in [6, 6.07) is 7.80. The van der Waals surface area contributed by atoms with Crippen LogP contribution in [0.2, 0.25) is 0 Å². The smallest absolute Gasteiger partial charge is 0.0343 e. The zero-order valence-electron chi connectivity index (χ0n) is 5.46. The summed E-state index contributed by atoms with van der Waals surface area (Å²) < 4.78 is 0. The molecular formula is C7H9BN. The second kappa shape index (κ2) is 3.18. The molecule has 0 heterocycles. The van der Waals surface area contributed by atoms with Crippen LogP contribution in [0, 0.1) is 6.92 Å². The molecular weight excluding hydrogens is 109 g/mol. The largest absolute Gasteiger partial charge is 0.399 e. The molecule has 45 valence electrons. The molecule has 1 aromatic rings. The molecule has 0 unspecified atom stereocenters. The van der Waals surface area contributed by atoms with Crippen LogP contribution >= 0.6 is 0 Å². The Morgan fingerprint density at radius 1 is 1.22 bits per heavy atom.